The topological polar surface area (TPSA) is 58.4 Å². The number of carbonyl (C=O) groups excluding carboxylic acids is 1. The lowest BCUT2D eigenvalue weighted by Crippen LogP contribution is -2.48. The van der Waals surface area contributed by atoms with Crippen molar-refractivity contribution in [2.24, 2.45) is 0 Å². The highest BCUT2D eigenvalue weighted by Gasteiger charge is 2.39. The molecule has 1 amide bonds. The Labute approximate surface area is 142 Å². The molecule has 1 atom stereocenters. The van der Waals surface area contributed by atoms with Crippen LogP contribution >= 0.6 is 0 Å². The van der Waals surface area contributed by atoms with Gasteiger partial charge in [0.05, 0.1) is 17.3 Å². The van der Waals surface area contributed by atoms with Crippen molar-refractivity contribution in [3.63, 3.8) is 0 Å². The van der Waals surface area contributed by atoms with Crippen molar-refractivity contribution in [1.82, 2.24) is 14.7 Å². The molecule has 0 aliphatic carbocycles. The van der Waals surface area contributed by atoms with Gasteiger partial charge in [0, 0.05) is 12.2 Å². The van der Waals surface area contributed by atoms with E-state index in [9.17, 15) is 9.90 Å². The monoisotopic (exact) mass is 327 g/mol. The number of benzene rings is 1. The van der Waals surface area contributed by atoms with Gasteiger partial charge in [-0.1, -0.05) is 17.7 Å². The van der Waals surface area contributed by atoms with Crippen LogP contribution in [0.5, 0.6) is 0 Å². The standard InChI is InChI=1S/C19H25N3O2/c1-13-7-9-15(10-8-13)22-14(2)12-16(20-22)18(23)21-11-5-6-17(21)19(3,4)24/h7-10,12,17,24H,5-6,11H2,1-4H3. The summed E-state index contributed by atoms with van der Waals surface area (Å²) >= 11 is 0. The van der Waals surface area contributed by atoms with Crippen molar-refractivity contribution in [3.05, 3.63) is 47.3 Å². The molecule has 0 spiro atoms. The summed E-state index contributed by atoms with van der Waals surface area (Å²) in [5.41, 5.74) is 2.58. The van der Waals surface area contributed by atoms with E-state index in [1.54, 1.807) is 23.4 Å². The van der Waals surface area contributed by atoms with Crippen LogP contribution < -0.4 is 0 Å². The molecule has 1 aliphatic heterocycles. The highest BCUT2D eigenvalue weighted by molar-refractivity contribution is 5.93. The smallest absolute Gasteiger partial charge is 0.274 e. The molecule has 1 unspecified atom stereocenters. The number of rotatable bonds is 3. The van der Waals surface area contributed by atoms with Gasteiger partial charge in [-0.05, 0) is 58.7 Å². The Balaban J connectivity index is 1.89. The molecule has 1 aliphatic rings. The van der Waals surface area contributed by atoms with E-state index in [0.29, 0.717) is 12.2 Å². The molecule has 0 radical (unpaired) electrons. The number of hydrogen-bond donors (Lipinski definition) is 1. The molecule has 1 N–H and O–H groups in total. The van der Waals surface area contributed by atoms with E-state index in [4.69, 9.17) is 0 Å². The van der Waals surface area contributed by atoms with Crippen molar-refractivity contribution in [2.45, 2.75) is 52.2 Å². The number of aliphatic hydroxyl groups is 1. The number of aromatic nitrogens is 2. The number of nitrogens with zero attached hydrogens (tertiary/aromatic N) is 3. The van der Waals surface area contributed by atoms with Crippen LogP contribution in [-0.2, 0) is 0 Å². The van der Waals surface area contributed by atoms with Gasteiger partial charge in [0.1, 0.15) is 0 Å². The van der Waals surface area contributed by atoms with Gasteiger partial charge >= 0.3 is 0 Å². The van der Waals surface area contributed by atoms with Crippen LogP contribution in [0.15, 0.2) is 30.3 Å². The summed E-state index contributed by atoms with van der Waals surface area (Å²) < 4.78 is 1.79. The summed E-state index contributed by atoms with van der Waals surface area (Å²) in [4.78, 5) is 14.7. The highest BCUT2D eigenvalue weighted by atomic mass is 16.3. The first-order chi connectivity index (χ1) is 11.3. The normalized spacial score (nSPS) is 18.2. The molecule has 1 saturated heterocycles. The fraction of sp³-hybridized carbons (Fsp3) is 0.474. The largest absolute Gasteiger partial charge is 0.388 e. The van der Waals surface area contributed by atoms with Gasteiger partial charge in [0.15, 0.2) is 5.69 Å². The summed E-state index contributed by atoms with van der Waals surface area (Å²) in [6, 6.07) is 9.72. The molecule has 1 fully saturated rings. The fourth-order valence-corrected chi connectivity index (χ4v) is 3.42. The lowest BCUT2D eigenvalue weighted by Gasteiger charge is -2.33. The van der Waals surface area contributed by atoms with Crippen LogP contribution in [0.1, 0.15) is 48.4 Å². The molecule has 1 aromatic heterocycles. The predicted octanol–water partition coefficient (Wildman–Crippen LogP) is 2.86. The molecule has 0 bridgehead atoms. The maximum Gasteiger partial charge on any atom is 0.274 e. The van der Waals surface area contributed by atoms with Crippen LogP contribution in [0.3, 0.4) is 0 Å². The summed E-state index contributed by atoms with van der Waals surface area (Å²) in [7, 11) is 0. The molecule has 2 aromatic rings. The van der Waals surface area contributed by atoms with E-state index >= 15 is 0 Å². The average Bonchev–Trinajstić information content (AvgIpc) is 3.14. The van der Waals surface area contributed by atoms with Gasteiger partial charge in [-0.2, -0.15) is 5.10 Å². The zero-order chi connectivity index (χ0) is 17.5. The minimum atomic E-state index is -0.902. The molecular weight excluding hydrogens is 302 g/mol. The molecule has 1 aromatic carbocycles. The van der Waals surface area contributed by atoms with Crippen LogP contribution in [0, 0.1) is 13.8 Å². The van der Waals surface area contributed by atoms with Gasteiger partial charge in [-0.15, -0.1) is 0 Å². The Bertz CT molecular complexity index is 741. The molecule has 0 saturated carbocycles. The summed E-state index contributed by atoms with van der Waals surface area (Å²) in [6.45, 7) is 8.18. The van der Waals surface area contributed by atoms with E-state index in [1.807, 2.05) is 44.2 Å². The maximum atomic E-state index is 12.9. The minimum Gasteiger partial charge on any atom is -0.388 e. The minimum absolute atomic E-state index is 0.103. The lowest BCUT2D eigenvalue weighted by molar-refractivity contribution is 0.000103. The second-order valence-electron chi connectivity index (χ2n) is 7.23. The summed E-state index contributed by atoms with van der Waals surface area (Å²) in [6.07, 6.45) is 1.74. The van der Waals surface area contributed by atoms with Crippen LogP contribution in [-0.4, -0.2) is 43.9 Å². The van der Waals surface area contributed by atoms with Crippen LogP contribution in [0.4, 0.5) is 0 Å². The average molecular weight is 327 g/mol. The number of amides is 1. The van der Waals surface area contributed by atoms with Gasteiger partial charge in [0.25, 0.3) is 5.91 Å². The quantitative estimate of drug-likeness (QED) is 0.943. The third-order valence-electron chi connectivity index (χ3n) is 4.71. The zero-order valence-corrected chi connectivity index (χ0v) is 14.8. The third-order valence-corrected chi connectivity index (χ3v) is 4.71. The Morgan fingerprint density at radius 2 is 1.92 bits per heavy atom. The van der Waals surface area contributed by atoms with Crippen LogP contribution in [0.25, 0.3) is 5.69 Å². The third kappa shape index (κ3) is 3.08. The van der Waals surface area contributed by atoms with Crippen LogP contribution in [0.2, 0.25) is 0 Å². The Kier molecular flexibility index (Phi) is 4.22. The van der Waals surface area contributed by atoms with E-state index in [1.165, 1.54) is 5.56 Å². The maximum absolute atomic E-state index is 12.9. The van der Waals surface area contributed by atoms with Crippen molar-refractivity contribution < 1.29 is 9.90 Å². The van der Waals surface area contributed by atoms with Gasteiger partial charge in [0.2, 0.25) is 0 Å². The Hall–Kier alpha value is -2.14. The SMILES string of the molecule is Cc1ccc(-n2nc(C(=O)N3CCCC3C(C)(C)O)cc2C)cc1. The molecular formula is C19H25N3O2. The zero-order valence-electron chi connectivity index (χ0n) is 14.8. The molecule has 3 rings (SSSR count). The van der Waals surface area contributed by atoms with Crippen molar-refractivity contribution >= 4 is 5.91 Å². The Morgan fingerprint density at radius 3 is 2.54 bits per heavy atom. The van der Waals surface area contributed by atoms with E-state index in [0.717, 1.165) is 24.2 Å². The number of likely N-dealkylation sites (tertiary alicyclic amines) is 1. The van der Waals surface area contributed by atoms with Crippen molar-refractivity contribution in [1.29, 1.82) is 0 Å². The highest BCUT2D eigenvalue weighted by Crippen LogP contribution is 2.28. The second-order valence-corrected chi connectivity index (χ2v) is 7.23. The molecule has 5 nitrogen and oxygen atoms in total. The van der Waals surface area contributed by atoms with Gasteiger partial charge in [-0.3, -0.25) is 4.79 Å². The number of hydrogen-bond acceptors (Lipinski definition) is 3. The first-order valence-electron chi connectivity index (χ1n) is 8.44. The molecule has 128 valence electrons. The molecule has 24 heavy (non-hydrogen) atoms. The second kappa shape index (κ2) is 6.06. The van der Waals surface area contributed by atoms with Crippen molar-refractivity contribution in [2.75, 3.05) is 6.54 Å². The summed E-state index contributed by atoms with van der Waals surface area (Å²) in [5.74, 6) is -0.103. The predicted molar refractivity (Wildman–Crippen MR) is 93.4 cm³/mol. The molecule has 5 heteroatoms. The van der Waals surface area contributed by atoms with E-state index in [2.05, 4.69) is 5.10 Å². The van der Waals surface area contributed by atoms with Crippen molar-refractivity contribution in [3.8, 4) is 5.69 Å². The Morgan fingerprint density at radius 1 is 1.25 bits per heavy atom. The first kappa shape index (κ1) is 16.7. The lowest BCUT2D eigenvalue weighted by atomic mass is 9.96. The van der Waals surface area contributed by atoms with E-state index < -0.39 is 5.60 Å². The number of carbonyl (C=O) groups is 1. The first-order valence-corrected chi connectivity index (χ1v) is 8.44. The fourth-order valence-electron chi connectivity index (χ4n) is 3.42. The van der Waals surface area contributed by atoms with Gasteiger partial charge < -0.3 is 10.0 Å². The number of aryl methyl sites for hydroxylation is 2. The van der Waals surface area contributed by atoms with E-state index in [-0.39, 0.29) is 11.9 Å². The summed E-state index contributed by atoms with van der Waals surface area (Å²) in [5, 5.41) is 14.8. The molecule has 2 heterocycles. The van der Waals surface area contributed by atoms with Gasteiger partial charge in [-0.25, -0.2) is 4.68 Å².